The van der Waals surface area contributed by atoms with Gasteiger partial charge >= 0.3 is 5.97 Å². The molecule has 2 atom stereocenters. The highest BCUT2D eigenvalue weighted by molar-refractivity contribution is 5.76. The van der Waals surface area contributed by atoms with E-state index in [0.717, 1.165) is 38.5 Å². The number of aliphatic hydroxyl groups is 2. The van der Waals surface area contributed by atoms with Crippen molar-refractivity contribution < 1.29 is 24.5 Å². The van der Waals surface area contributed by atoms with Crippen LogP contribution in [0.2, 0.25) is 0 Å². The topological polar surface area (TPSA) is 95.9 Å². The van der Waals surface area contributed by atoms with Crippen molar-refractivity contribution in [3.63, 3.8) is 0 Å². The maximum absolute atomic E-state index is 12.6. The highest BCUT2D eigenvalue weighted by Gasteiger charge is 2.18. The molecule has 3 N–H and O–H groups in total. The first-order valence-corrected chi connectivity index (χ1v) is 41.6. The number of ether oxygens (including phenoxy) is 1. The number of carbonyl (C=O) groups excluding carboxylic acids is 2. The summed E-state index contributed by atoms with van der Waals surface area (Å²) in [5, 5.41) is 23.3. The van der Waals surface area contributed by atoms with Crippen LogP contribution in [0.5, 0.6) is 0 Å². The first-order valence-electron chi connectivity index (χ1n) is 41.6. The van der Waals surface area contributed by atoms with E-state index >= 15 is 0 Å². The lowest BCUT2D eigenvalue weighted by atomic mass is 10.0. The van der Waals surface area contributed by atoms with Gasteiger partial charge in [-0.2, -0.15) is 0 Å². The quantitative estimate of drug-likeness (QED) is 0.0320. The van der Waals surface area contributed by atoms with Gasteiger partial charge in [-0.15, -0.1) is 0 Å². The first kappa shape index (κ1) is 88.3. The Morgan fingerprint density at radius 1 is 0.300 bits per heavy atom. The van der Waals surface area contributed by atoms with Crippen molar-refractivity contribution in [2.24, 2.45) is 0 Å². The van der Waals surface area contributed by atoms with E-state index in [1.165, 1.54) is 411 Å². The van der Waals surface area contributed by atoms with Gasteiger partial charge in [0.2, 0.25) is 5.91 Å². The smallest absolute Gasteiger partial charge is 0.305 e. The second-order valence-electron chi connectivity index (χ2n) is 28.8. The van der Waals surface area contributed by atoms with Crippen molar-refractivity contribution in [3.8, 4) is 0 Å². The molecule has 0 radical (unpaired) electrons. The summed E-state index contributed by atoms with van der Waals surface area (Å²) < 4.78 is 5.52. The summed E-state index contributed by atoms with van der Waals surface area (Å²) in [5.74, 6) is -0.0370. The minimum Gasteiger partial charge on any atom is -0.466 e. The predicted octanol–water partition coefficient (Wildman–Crippen LogP) is 27.6. The number of nitrogens with one attached hydrogen (secondary N) is 1. The van der Waals surface area contributed by atoms with Gasteiger partial charge in [0.05, 0.1) is 25.4 Å². The van der Waals surface area contributed by atoms with Crippen LogP contribution in [0.1, 0.15) is 476 Å². The Hall–Kier alpha value is -1.66. The molecule has 0 heterocycles. The Morgan fingerprint density at radius 3 is 0.789 bits per heavy atom. The molecule has 0 aromatic heterocycles. The maximum Gasteiger partial charge on any atom is 0.305 e. The number of esters is 1. The van der Waals surface area contributed by atoms with E-state index in [9.17, 15) is 19.8 Å². The Balaban J connectivity index is 3.36. The van der Waals surface area contributed by atoms with Gasteiger partial charge in [-0.05, 0) is 57.8 Å². The zero-order valence-electron chi connectivity index (χ0n) is 61.4. The molecule has 0 aromatic carbocycles. The molecule has 0 fully saturated rings. The number of amides is 1. The molecule has 534 valence electrons. The molecule has 6 nitrogen and oxygen atoms in total. The monoisotopic (exact) mass is 1270 g/mol. The van der Waals surface area contributed by atoms with Crippen LogP contribution in [0, 0.1) is 0 Å². The van der Waals surface area contributed by atoms with Gasteiger partial charge in [0, 0.05) is 12.8 Å². The van der Waals surface area contributed by atoms with Crippen molar-refractivity contribution >= 4 is 11.9 Å². The van der Waals surface area contributed by atoms with Crippen LogP contribution in [0.3, 0.4) is 0 Å². The molecule has 90 heavy (non-hydrogen) atoms. The van der Waals surface area contributed by atoms with E-state index in [0.29, 0.717) is 19.4 Å². The molecule has 0 aliphatic carbocycles. The fraction of sp³-hybridized carbons (Fsp3) is 0.929. The summed E-state index contributed by atoms with van der Waals surface area (Å²) in [6.45, 7) is 4.97. The zero-order chi connectivity index (χ0) is 64.9. The van der Waals surface area contributed by atoms with Crippen LogP contribution in [-0.4, -0.2) is 47.4 Å². The van der Waals surface area contributed by atoms with E-state index in [2.05, 4.69) is 31.3 Å². The van der Waals surface area contributed by atoms with Gasteiger partial charge in [0.15, 0.2) is 0 Å². The van der Waals surface area contributed by atoms with Crippen LogP contribution >= 0.6 is 0 Å². The van der Waals surface area contributed by atoms with Crippen LogP contribution < -0.4 is 5.32 Å². The fourth-order valence-electron chi connectivity index (χ4n) is 13.4. The van der Waals surface area contributed by atoms with E-state index in [1.54, 1.807) is 6.08 Å². The van der Waals surface area contributed by atoms with Crippen LogP contribution in [-0.2, 0) is 14.3 Å². The average molecular weight is 1270 g/mol. The third kappa shape index (κ3) is 75.4. The average Bonchev–Trinajstić information content (AvgIpc) is 3.55. The van der Waals surface area contributed by atoms with Crippen LogP contribution in [0.25, 0.3) is 0 Å². The van der Waals surface area contributed by atoms with E-state index in [4.69, 9.17) is 4.74 Å². The molecule has 0 bridgehead atoms. The minimum atomic E-state index is -0.844. The Bertz CT molecular complexity index is 1410. The summed E-state index contributed by atoms with van der Waals surface area (Å²) in [4.78, 5) is 24.7. The third-order valence-electron chi connectivity index (χ3n) is 19.7. The minimum absolute atomic E-state index is 0.0234. The highest BCUT2D eigenvalue weighted by atomic mass is 16.5. The number of rotatable bonds is 79. The number of unbranched alkanes of at least 4 members (excludes halogenated alkanes) is 66. The standard InChI is InChI=1S/C84H163NO5/c1-3-5-7-9-11-13-15-17-19-21-23-24-34-37-41-44-48-52-56-60-64-68-72-76-82(87)81(80-86)85-83(88)77-73-69-65-61-57-53-49-45-42-38-35-32-30-28-26-25-27-29-31-33-36-39-43-47-51-55-59-63-67-71-75-79-90-84(89)78-74-70-66-62-58-54-50-46-40-22-20-18-16-14-12-10-8-6-4-2/h27,29,72,76,81-82,86-87H,3-26,28,30-71,73-75,77-80H2,1-2H3,(H,85,88)/b29-27-,76-72+. The molecule has 0 saturated carbocycles. The van der Waals surface area contributed by atoms with E-state index in [-0.39, 0.29) is 18.5 Å². The van der Waals surface area contributed by atoms with Crippen molar-refractivity contribution in [2.45, 2.75) is 488 Å². The Labute approximate surface area is 564 Å². The summed E-state index contributed by atoms with van der Waals surface area (Å²) in [5.41, 5.74) is 0. The van der Waals surface area contributed by atoms with Crippen LogP contribution in [0.15, 0.2) is 24.3 Å². The molecule has 2 unspecified atom stereocenters. The number of allylic oxidation sites excluding steroid dienone is 3. The van der Waals surface area contributed by atoms with Gasteiger partial charge in [-0.25, -0.2) is 0 Å². The van der Waals surface area contributed by atoms with Gasteiger partial charge in [-0.1, -0.05) is 430 Å². The fourth-order valence-corrected chi connectivity index (χ4v) is 13.4. The van der Waals surface area contributed by atoms with Crippen molar-refractivity contribution in [2.75, 3.05) is 13.2 Å². The van der Waals surface area contributed by atoms with Crippen LogP contribution in [0.4, 0.5) is 0 Å². The van der Waals surface area contributed by atoms with Crippen molar-refractivity contribution in [3.05, 3.63) is 24.3 Å². The molecule has 6 heteroatoms. The summed E-state index contributed by atoms with van der Waals surface area (Å²) >= 11 is 0. The van der Waals surface area contributed by atoms with Gasteiger partial charge in [0.25, 0.3) is 0 Å². The first-order chi connectivity index (χ1) is 44.5. The lowest BCUT2D eigenvalue weighted by molar-refractivity contribution is -0.143. The van der Waals surface area contributed by atoms with Crippen molar-refractivity contribution in [1.29, 1.82) is 0 Å². The molecule has 0 saturated heterocycles. The molecular formula is C84H163NO5. The normalized spacial score (nSPS) is 12.5. The summed E-state index contributed by atoms with van der Waals surface area (Å²) in [7, 11) is 0. The number of hydrogen-bond acceptors (Lipinski definition) is 5. The lowest BCUT2D eigenvalue weighted by Gasteiger charge is -2.20. The number of hydrogen-bond donors (Lipinski definition) is 3. The summed E-state index contributed by atoms with van der Waals surface area (Å²) in [6.07, 6.45) is 103. The molecule has 0 rings (SSSR count). The maximum atomic E-state index is 12.6. The molecular weight excluding hydrogens is 1100 g/mol. The third-order valence-corrected chi connectivity index (χ3v) is 19.7. The molecule has 0 spiro atoms. The molecule has 1 amide bonds. The second-order valence-corrected chi connectivity index (χ2v) is 28.8. The predicted molar refractivity (Wildman–Crippen MR) is 398 cm³/mol. The van der Waals surface area contributed by atoms with Gasteiger partial charge in [-0.3, -0.25) is 9.59 Å². The highest BCUT2D eigenvalue weighted by Crippen LogP contribution is 2.20. The largest absolute Gasteiger partial charge is 0.466 e. The lowest BCUT2D eigenvalue weighted by Crippen LogP contribution is -2.45. The summed E-state index contributed by atoms with van der Waals surface area (Å²) in [6, 6.07) is -0.628. The number of aliphatic hydroxyl groups excluding tert-OH is 2. The van der Waals surface area contributed by atoms with E-state index in [1.807, 2.05) is 6.08 Å². The van der Waals surface area contributed by atoms with Gasteiger partial charge < -0.3 is 20.3 Å². The molecule has 0 aliphatic rings. The Kier molecular flexibility index (Phi) is 78.3. The number of carbonyl (C=O) groups is 2. The zero-order valence-corrected chi connectivity index (χ0v) is 61.4. The second kappa shape index (κ2) is 79.8. The van der Waals surface area contributed by atoms with E-state index < -0.39 is 12.1 Å². The van der Waals surface area contributed by atoms with Gasteiger partial charge in [0.1, 0.15) is 0 Å². The molecule has 0 aliphatic heterocycles. The van der Waals surface area contributed by atoms with Crippen molar-refractivity contribution in [1.82, 2.24) is 5.32 Å². The molecule has 0 aromatic rings. The SMILES string of the molecule is CCCCCCCCCCCCCCCCCCCCCCC/C=C/C(O)C(CO)NC(=O)CCCCCCCCCCCCCCCCC/C=C\CCCCCCCCCCCCCCOC(=O)CCCCCCCCCCCCCCCCCCCCC. The Morgan fingerprint density at radius 2 is 0.522 bits per heavy atom.